The molecule has 0 rings (SSSR count). The summed E-state index contributed by atoms with van der Waals surface area (Å²) in [5.74, 6) is -1.63. The molecule has 0 saturated carbocycles. The van der Waals surface area contributed by atoms with E-state index in [1.807, 2.05) is 6.92 Å². The van der Waals surface area contributed by atoms with Crippen molar-refractivity contribution in [3.8, 4) is 0 Å². The summed E-state index contributed by atoms with van der Waals surface area (Å²) in [6, 6.07) is 0. The SMILES string of the molecule is CCOCC(C(=O)OCC)C(Br)C(=O)OCC. The van der Waals surface area contributed by atoms with Crippen molar-refractivity contribution in [2.24, 2.45) is 5.92 Å². The minimum atomic E-state index is -0.743. The maximum Gasteiger partial charge on any atom is 0.320 e. The second-order valence-corrected chi connectivity index (χ2v) is 4.16. The van der Waals surface area contributed by atoms with E-state index in [1.54, 1.807) is 13.8 Å². The maximum atomic E-state index is 11.7. The quantitative estimate of drug-likeness (QED) is 0.502. The zero-order valence-electron chi connectivity index (χ0n) is 10.4. The highest BCUT2D eigenvalue weighted by atomic mass is 79.9. The van der Waals surface area contributed by atoms with E-state index in [4.69, 9.17) is 14.2 Å². The van der Waals surface area contributed by atoms with Crippen molar-refractivity contribution in [2.75, 3.05) is 26.4 Å². The number of halogens is 1. The molecule has 0 aliphatic heterocycles. The molecular formula is C11H19BrO5. The van der Waals surface area contributed by atoms with Gasteiger partial charge in [-0.15, -0.1) is 0 Å². The van der Waals surface area contributed by atoms with Crippen molar-refractivity contribution in [3.63, 3.8) is 0 Å². The molecule has 2 unspecified atom stereocenters. The number of hydrogen-bond donors (Lipinski definition) is 0. The Balaban J connectivity index is 4.53. The average molecular weight is 311 g/mol. The van der Waals surface area contributed by atoms with Crippen LogP contribution in [0.5, 0.6) is 0 Å². The molecule has 0 N–H and O–H groups in total. The highest BCUT2D eigenvalue weighted by Gasteiger charge is 2.34. The van der Waals surface area contributed by atoms with Crippen LogP contribution in [0.3, 0.4) is 0 Å². The first kappa shape index (κ1) is 16.4. The first-order valence-corrected chi connectivity index (χ1v) is 6.55. The molecule has 0 aromatic rings. The molecule has 0 heterocycles. The van der Waals surface area contributed by atoms with Gasteiger partial charge in [-0.25, -0.2) is 0 Å². The number of carbonyl (C=O) groups excluding carboxylic acids is 2. The Hall–Kier alpha value is -0.620. The molecule has 0 amide bonds. The normalized spacial score (nSPS) is 13.9. The van der Waals surface area contributed by atoms with E-state index >= 15 is 0 Å². The molecule has 6 heteroatoms. The lowest BCUT2D eigenvalue weighted by atomic mass is 10.1. The number of ether oxygens (including phenoxy) is 3. The molecule has 0 saturated heterocycles. The fourth-order valence-corrected chi connectivity index (χ4v) is 1.65. The summed E-state index contributed by atoms with van der Waals surface area (Å²) < 4.78 is 14.9. The summed E-state index contributed by atoms with van der Waals surface area (Å²) in [7, 11) is 0. The topological polar surface area (TPSA) is 61.8 Å². The van der Waals surface area contributed by atoms with Crippen LogP contribution in [0, 0.1) is 5.92 Å². The summed E-state index contributed by atoms with van der Waals surface area (Å²) >= 11 is 3.16. The standard InChI is InChI=1S/C11H19BrO5/c1-4-15-7-8(10(13)16-5-2)9(12)11(14)17-6-3/h8-9H,4-7H2,1-3H3. The Labute approximate surface area is 110 Å². The summed E-state index contributed by atoms with van der Waals surface area (Å²) in [6.45, 7) is 6.37. The lowest BCUT2D eigenvalue weighted by Gasteiger charge is -2.19. The Morgan fingerprint density at radius 2 is 1.53 bits per heavy atom. The van der Waals surface area contributed by atoms with Gasteiger partial charge in [0.15, 0.2) is 0 Å². The molecule has 0 aromatic heterocycles. The van der Waals surface area contributed by atoms with Gasteiger partial charge in [0.25, 0.3) is 0 Å². The second-order valence-electron chi connectivity index (χ2n) is 3.17. The minimum Gasteiger partial charge on any atom is -0.466 e. The molecule has 0 fully saturated rings. The first-order chi connectivity index (χ1) is 8.08. The summed E-state index contributed by atoms with van der Waals surface area (Å²) in [6.07, 6.45) is 0. The van der Waals surface area contributed by atoms with Crippen molar-refractivity contribution in [1.82, 2.24) is 0 Å². The van der Waals surface area contributed by atoms with E-state index in [-0.39, 0.29) is 19.8 Å². The van der Waals surface area contributed by atoms with Crippen LogP contribution >= 0.6 is 15.9 Å². The molecule has 0 aromatic carbocycles. The third kappa shape index (κ3) is 6.02. The van der Waals surface area contributed by atoms with Crippen LogP contribution in [0.1, 0.15) is 20.8 Å². The highest BCUT2D eigenvalue weighted by molar-refractivity contribution is 9.10. The van der Waals surface area contributed by atoms with Gasteiger partial charge < -0.3 is 14.2 Å². The van der Waals surface area contributed by atoms with Crippen molar-refractivity contribution in [2.45, 2.75) is 25.6 Å². The van der Waals surface area contributed by atoms with Crippen molar-refractivity contribution in [1.29, 1.82) is 0 Å². The van der Waals surface area contributed by atoms with Gasteiger partial charge in [0.05, 0.1) is 19.8 Å². The Kier molecular flexibility index (Phi) is 9.07. The zero-order chi connectivity index (χ0) is 13.3. The summed E-state index contributed by atoms with van der Waals surface area (Å²) in [5, 5.41) is 0. The third-order valence-electron chi connectivity index (χ3n) is 1.96. The smallest absolute Gasteiger partial charge is 0.320 e. The van der Waals surface area contributed by atoms with Gasteiger partial charge in [-0.3, -0.25) is 9.59 Å². The molecule has 100 valence electrons. The lowest BCUT2D eigenvalue weighted by molar-refractivity contribution is -0.155. The van der Waals surface area contributed by atoms with E-state index < -0.39 is 22.7 Å². The number of esters is 2. The molecule has 0 bridgehead atoms. The number of rotatable bonds is 8. The van der Waals surface area contributed by atoms with Crippen LogP contribution in [0.25, 0.3) is 0 Å². The average Bonchev–Trinajstić information content (AvgIpc) is 2.30. The van der Waals surface area contributed by atoms with Crippen LogP contribution in [-0.4, -0.2) is 43.2 Å². The van der Waals surface area contributed by atoms with Crippen molar-refractivity contribution in [3.05, 3.63) is 0 Å². The Morgan fingerprint density at radius 3 is 2.00 bits per heavy atom. The molecule has 0 aliphatic rings. The fraction of sp³-hybridized carbons (Fsp3) is 0.818. The van der Waals surface area contributed by atoms with Gasteiger partial charge in [0.2, 0.25) is 0 Å². The van der Waals surface area contributed by atoms with Crippen LogP contribution in [0.4, 0.5) is 0 Å². The van der Waals surface area contributed by atoms with Crippen LogP contribution in [-0.2, 0) is 23.8 Å². The number of carbonyl (C=O) groups is 2. The zero-order valence-corrected chi connectivity index (χ0v) is 12.0. The molecule has 0 spiro atoms. The second kappa shape index (κ2) is 9.41. The van der Waals surface area contributed by atoms with Gasteiger partial charge in [0, 0.05) is 6.61 Å². The molecular weight excluding hydrogens is 292 g/mol. The van der Waals surface area contributed by atoms with Gasteiger partial charge in [-0.05, 0) is 20.8 Å². The maximum absolute atomic E-state index is 11.7. The molecule has 0 aliphatic carbocycles. The fourth-order valence-electron chi connectivity index (χ4n) is 1.15. The summed E-state index contributed by atoms with van der Waals surface area (Å²) in [4.78, 5) is 22.4. The number of alkyl halides is 1. The Morgan fingerprint density at radius 1 is 1.00 bits per heavy atom. The highest BCUT2D eigenvalue weighted by Crippen LogP contribution is 2.17. The van der Waals surface area contributed by atoms with Gasteiger partial charge in [-0.2, -0.15) is 0 Å². The first-order valence-electron chi connectivity index (χ1n) is 5.63. The minimum absolute atomic E-state index is 0.129. The van der Waals surface area contributed by atoms with Gasteiger partial charge >= 0.3 is 11.9 Å². The largest absolute Gasteiger partial charge is 0.466 e. The van der Waals surface area contributed by atoms with E-state index in [0.717, 1.165) is 0 Å². The van der Waals surface area contributed by atoms with E-state index in [0.29, 0.717) is 6.61 Å². The van der Waals surface area contributed by atoms with Crippen molar-refractivity contribution >= 4 is 27.9 Å². The predicted molar refractivity (Wildman–Crippen MR) is 66.0 cm³/mol. The summed E-state index contributed by atoms with van der Waals surface area (Å²) in [5.41, 5.74) is 0. The van der Waals surface area contributed by atoms with Crippen molar-refractivity contribution < 1.29 is 23.8 Å². The molecule has 17 heavy (non-hydrogen) atoms. The monoisotopic (exact) mass is 310 g/mol. The predicted octanol–water partition coefficient (Wildman–Crippen LogP) is 1.53. The van der Waals surface area contributed by atoms with E-state index in [2.05, 4.69) is 15.9 Å². The Bertz CT molecular complexity index is 244. The third-order valence-corrected chi connectivity index (χ3v) is 2.97. The lowest BCUT2D eigenvalue weighted by Crippen LogP contribution is -2.36. The molecule has 5 nitrogen and oxygen atoms in total. The van der Waals surface area contributed by atoms with Gasteiger partial charge in [-0.1, -0.05) is 15.9 Å². The number of hydrogen-bond acceptors (Lipinski definition) is 5. The van der Waals surface area contributed by atoms with E-state index in [1.165, 1.54) is 0 Å². The molecule has 0 radical (unpaired) electrons. The van der Waals surface area contributed by atoms with Gasteiger partial charge in [0.1, 0.15) is 10.7 Å². The van der Waals surface area contributed by atoms with Crippen LogP contribution in [0.2, 0.25) is 0 Å². The van der Waals surface area contributed by atoms with E-state index in [9.17, 15) is 9.59 Å². The van der Waals surface area contributed by atoms with Crippen LogP contribution in [0.15, 0.2) is 0 Å². The van der Waals surface area contributed by atoms with Crippen LogP contribution < -0.4 is 0 Å². The molecule has 2 atom stereocenters.